The summed E-state index contributed by atoms with van der Waals surface area (Å²) in [5, 5.41) is 5.69. The predicted octanol–water partition coefficient (Wildman–Crippen LogP) is 4.57. The molecule has 1 N–H and O–H groups in total. The highest BCUT2D eigenvalue weighted by Crippen LogP contribution is 2.55. The summed E-state index contributed by atoms with van der Waals surface area (Å²) in [5.41, 5.74) is 2.52. The van der Waals surface area contributed by atoms with E-state index in [0.717, 1.165) is 35.7 Å². The molecule has 0 unspecified atom stereocenters. The number of hydrogen-bond acceptors (Lipinski definition) is 2. The molecule has 5 aliphatic carbocycles. The first-order valence-corrected chi connectivity index (χ1v) is 10.4. The Morgan fingerprint density at radius 1 is 1.17 bits per heavy atom. The van der Waals surface area contributed by atoms with Crippen molar-refractivity contribution >= 4 is 17.2 Å². The van der Waals surface area contributed by atoms with Gasteiger partial charge in [-0.05, 0) is 87.0 Å². The first-order valence-electron chi connectivity index (χ1n) is 9.52. The van der Waals surface area contributed by atoms with Gasteiger partial charge in [0.1, 0.15) is 0 Å². The lowest BCUT2D eigenvalue weighted by molar-refractivity contribution is -0.0167. The third kappa shape index (κ3) is 2.38. The lowest BCUT2D eigenvalue weighted by Crippen LogP contribution is -2.59. The predicted molar refractivity (Wildman–Crippen MR) is 93.9 cm³/mol. The van der Waals surface area contributed by atoms with Crippen LogP contribution >= 0.6 is 11.3 Å². The molecule has 0 saturated heterocycles. The molecule has 0 aromatic carbocycles. The van der Waals surface area contributed by atoms with E-state index in [1.54, 1.807) is 0 Å². The highest BCUT2D eigenvalue weighted by Gasteiger charge is 2.51. The fourth-order valence-electron chi connectivity index (χ4n) is 6.44. The van der Waals surface area contributed by atoms with Crippen LogP contribution in [0.15, 0.2) is 5.38 Å². The van der Waals surface area contributed by atoms with Crippen molar-refractivity contribution in [1.82, 2.24) is 5.32 Å². The van der Waals surface area contributed by atoms with Gasteiger partial charge in [0, 0.05) is 15.8 Å². The molecule has 1 aromatic rings. The Kier molecular flexibility index (Phi) is 3.21. The molecule has 23 heavy (non-hydrogen) atoms. The minimum absolute atomic E-state index is 0.141. The SMILES string of the molecule is C[C@H]1CCc2c(C(=O)NC34CC5CC(CC(C5)C3)C4)csc2C1. The zero-order valence-electron chi connectivity index (χ0n) is 14.1. The van der Waals surface area contributed by atoms with Gasteiger partial charge in [-0.15, -0.1) is 11.3 Å². The molecule has 2 nitrogen and oxygen atoms in total. The molecule has 4 bridgehead atoms. The Morgan fingerprint density at radius 3 is 2.48 bits per heavy atom. The van der Waals surface area contributed by atoms with Gasteiger partial charge >= 0.3 is 0 Å². The van der Waals surface area contributed by atoms with Crippen LogP contribution in [0.3, 0.4) is 0 Å². The fourth-order valence-corrected chi connectivity index (χ4v) is 7.68. The fraction of sp³-hybridized carbons (Fsp3) is 0.750. The van der Waals surface area contributed by atoms with Crippen molar-refractivity contribution in [3.8, 4) is 0 Å². The zero-order chi connectivity index (χ0) is 15.6. The second-order valence-electron chi connectivity index (χ2n) is 9.05. The normalized spacial score (nSPS) is 40.9. The molecule has 1 amide bonds. The molecule has 6 rings (SSSR count). The Labute approximate surface area is 143 Å². The summed E-state index contributed by atoms with van der Waals surface area (Å²) in [6.07, 6.45) is 11.5. The van der Waals surface area contributed by atoms with Crippen molar-refractivity contribution in [2.45, 2.75) is 70.3 Å². The molecule has 1 aromatic heterocycles. The van der Waals surface area contributed by atoms with E-state index in [1.807, 2.05) is 11.3 Å². The van der Waals surface area contributed by atoms with Gasteiger partial charge in [-0.3, -0.25) is 4.79 Å². The molecular formula is C20H27NOS. The highest BCUT2D eigenvalue weighted by molar-refractivity contribution is 7.10. The first kappa shape index (κ1) is 14.5. The van der Waals surface area contributed by atoms with Gasteiger partial charge in [0.15, 0.2) is 0 Å². The zero-order valence-corrected chi connectivity index (χ0v) is 14.9. The molecule has 0 spiro atoms. The number of nitrogens with one attached hydrogen (secondary N) is 1. The van der Waals surface area contributed by atoms with Gasteiger partial charge in [0.2, 0.25) is 0 Å². The number of rotatable bonds is 2. The van der Waals surface area contributed by atoms with Crippen LogP contribution < -0.4 is 5.32 Å². The van der Waals surface area contributed by atoms with E-state index in [1.165, 1.54) is 61.8 Å². The molecule has 1 atom stereocenters. The van der Waals surface area contributed by atoms with Crippen LogP contribution in [0.4, 0.5) is 0 Å². The second kappa shape index (κ2) is 5.08. The summed E-state index contributed by atoms with van der Waals surface area (Å²) in [6, 6.07) is 0. The van der Waals surface area contributed by atoms with Gasteiger partial charge < -0.3 is 5.32 Å². The lowest BCUT2D eigenvalue weighted by Gasteiger charge is -2.56. The summed E-state index contributed by atoms with van der Waals surface area (Å²) >= 11 is 1.82. The third-order valence-electron chi connectivity index (χ3n) is 7.06. The monoisotopic (exact) mass is 329 g/mol. The van der Waals surface area contributed by atoms with Crippen molar-refractivity contribution in [2.75, 3.05) is 0 Å². The van der Waals surface area contributed by atoms with Crippen molar-refractivity contribution in [3.63, 3.8) is 0 Å². The van der Waals surface area contributed by atoms with E-state index in [2.05, 4.69) is 17.6 Å². The van der Waals surface area contributed by atoms with Crippen molar-refractivity contribution < 1.29 is 4.79 Å². The Hall–Kier alpha value is -0.830. The van der Waals surface area contributed by atoms with Crippen LogP contribution in [0, 0.1) is 23.7 Å². The molecule has 124 valence electrons. The third-order valence-corrected chi connectivity index (χ3v) is 8.11. The number of carbonyl (C=O) groups is 1. The second-order valence-corrected chi connectivity index (χ2v) is 10.0. The van der Waals surface area contributed by atoms with Gasteiger partial charge in [0.05, 0.1) is 5.56 Å². The maximum Gasteiger partial charge on any atom is 0.252 e. The molecule has 1 heterocycles. The van der Waals surface area contributed by atoms with Gasteiger partial charge in [-0.2, -0.15) is 0 Å². The standard InChI is InChI=1S/C20H27NOS/c1-12-2-3-16-17(11-23-18(16)4-12)19(22)21-20-8-13-5-14(9-20)7-15(6-13)10-20/h11-15H,2-10H2,1H3,(H,21,22)/t12-,13?,14?,15?,20?/m0/s1. The van der Waals surface area contributed by atoms with Crippen LogP contribution in [-0.2, 0) is 12.8 Å². The largest absolute Gasteiger partial charge is 0.347 e. The van der Waals surface area contributed by atoms with Crippen molar-refractivity contribution in [1.29, 1.82) is 0 Å². The number of thiophene rings is 1. The summed E-state index contributed by atoms with van der Waals surface area (Å²) < 4.78 is 0. The Balaban J connectivity index is 1.38. The van der Waals surface area contributed by atoms with Gasteiger partial charge in [0.25, 0.3) is 5.91 Å². The van der Waals surface area contributed by atoms with Crippen LogP contribution in [0.25, 0.3) is 0 Å². The summed E-state index contributed by atoms with van der Waals surface area (Å²) in [7, 11) is 0. The molecule has 0 aliphatic heterocycles. The lowest BCUT2D eigenvalue weighted by atomic mass is 9.53. The van der Waals surface area contributed by atoms with Gasteiger partial charge in [-0.25, -0.2) is 0 Å². The summed E-state index contributed by atoms with van der Waals surface area (Å²) in [5.74, 6) is 3.68. The molecule has 0 radical (unpaired) electrons. The number of hydrogen-bond donors (Lipinski definition) is 1. The number of amides is 1. The summed E-state index contributed by atoms with van der Waals surface area (Å²) in [6.45, 7) is 2.33. The highest BCUT2D eigenvalue weighted by atomic mass is 32.1. The van der Waals surface area contributed by atoms with E-state index in [9.17, 15) is 4.79 Å². The maximum atomic E-state index is 13.0. The van der Waals surface area contributed by atoms with Crippen LogP contribution in [-0.4, -0.2) is 11.4 Å². The van der Waals surface area contributed by atoms with E-state index in [4.69, 9.17) is 0 Å². The average molecular weight is 330 g/mol. The smallest absolute Gasteiger partial charge is 0.252 e. The molecule has 3 heteroatoms. The Morgan fingerprint density at radius 2 is 1.83 bits per heavy atom. The quantitative estimate of drug-likeness (QED) is 0.846. The minimum Gasteiger partial charge on any atom is -0.347 e. The minimum atomic E-state index is 0.141. The van der Waals surface area contributed by atoms with Crippen molar-refractivity contribution in [2.24, 2.45) is 23.7 Å². The van der Waals surface area contributed by atoms with Crippen LogP contribution in [0.2, 0.25) is 0 Å². The molecule has 4 fully saturated rings. The van der Waals surface area contributed by atoms with Crippen LogP contribution in [0.5, 0.6) is 0 Å². The van der Waals surface area contributed by atoms with E-state index in [0.29, 0.717) is 0 Å². The van der Waals surface area contributed by atoms with E-state index in [-0.39, 0.29) is 11.4 Å². The molecule has 5 aliphatic rings. The number of fused-ring (bicyclic) bond motifs is 1. The van der Waals surface area contributed by atoms with E-state index >= 15 is 0 Å². The topological polar surface area (TPSA) is 29.1 Å². The Bertz CT molecular complexity index is 611. The maximum absolute atomic E-state index is 13.0. The first-order chi connectivity index (χ1) is 11.1. The van der Waals surface area contributed by atoms with Crippen molar-refractivity contribution in [3.05, 3.63) is 21.4 Å². The molecule has 4 saturated carbocycles. The number of carbonyl (C=O) groups excluding carboxylic acids is 1. The van der Waals surface area contributed by atoms with E-state index < -0.39 is 0 Å². The molecular weight excluding hydrogens is 302 g/mol. The van der Waals surface area contributed by atoms with Crippen LogP contribution in [0.1, 0.15) is 72.7 Å². The average Bonchev–Trinajstić information content (AvgIpc) is 2.88. The van der Waals surface area contributed by atoms with Gasteiger partial charge in [-0.1, -0.05) is 6.92 Å². The summed E-state index contributed by atoms with van der Waals surface area (Å²) in [4.78, 5) is 14.5.